The topological polar surface area (TPSA) is 71.1 Å². The molecule has 0 unspecified atom stereocenters. The van der Waals surface area contributed by atoms with Crippen molar-refractivity contribution in [3.8, 4) is 11.1 Å². The first-order chi connectivity index (χ1) is 16.6. The van der Waals surface area contributed by atoms with E-state index in [2.05, 4.69) is 15.6 Å². The van der Waals surface area contributed by atoms with Gasteiger partial charge < -0.3 is 10.6 Å². The molecule has 0 atom stereocenters. The van der Waals surface area contributed by atoms with E-state index in [1.165, 1.54) is 13.0 Å². The lowest BCUT2D eigenvalue weighted by atomic mass is 9.92. The van der Waals surface area contributed by atoms with E-state index in [9.17, 15) is 22.8 Å². The van der Waals surface area contributed by atoms with Crippen LogP contribution in [-0.4, -0.2) is 16.8 Å². The average molecular weight is 477 g/mol. The average Bonchev–Trinajstić information content (AvgIpc) is 2.80. The number of aromatic nitrogens is 1. The van der Waals surface area contributed by atoms with E-state index < -0.39 is 23.6 Å². The lowest BCUT2D eigenvalue weighted by Crippen LogP contribution is -2.20. The Morgan fingerprint density at radius 3 is 2.29 bits per heavy atom. The summed E-state index contributed by atoms with van der Waals surface area (Å²) in [4.78, 5) is 28.9. The van der Waals surface area contributed by atoms with Crippen molar-refractivity contribution in [2.45, 2.75) is 26.4 Å². The summed E-state index contributed by atoms with van der Waals surface area (Å²) in [5.41, 5.74) is 2.28. The van der Waals surface area contributed by atoms with Gasteiger partial charge in [0.25, 0.3) is 0 Å². The minimum atomic E-state index is -4.73. The summed E-state index contributed by atoms with van der Waals surface area (Å²) in [7, 11) is 0. The third-order valence-electron chi connectivity index (χ3n) is 5.52. The van der Waals surface area contributed by atoms with Gasteiger partial charge in [0.1, 0.15) is 0 Å². The summed E-state index contributed by atoms with van der Waals surface area (Å²) < 4.78 is 41.1. The number of benzene rings is 3. The van der Waals surface area contributed by atoms with Gasteiger partial charge in [-0.1, -0.05) is 48.5 Å². The number of alkyl halides is 3. The number of carbonyl (C=O) groups is 2. The van der Waals surface area contributed by atoms with Crippen molar-refractivity contribution in [3.63, 3.8) is 0 Å². The number of hydrogen-bond acceptors (Lipinski definition) is 3. The lowest BCUT2D eigenvalue weighted by Gasteiger charge is -2.18. The Hall–Kier alpha value is -4.20. The first-order valence-electron chi connectivity index (χ1n) is 10.9. The molecule has 1 heterocycles. The first kappa shape index (κ1) is 23.9. The second kappa shape index (κ2) is 9.58. The summed E-state index contributed by atoms with van der Waals surface area (Å²) in [6, 6.07) is 20.3. The van der Waals surface area contributed by atoms with E-state index >= 15 is 0 Å². The number of anilines is 2. The number of pyridine rings is 1. The summed E-state index contributed by atoms with van der Waals surface area (Å²) in [5.74, 6) is -1.11. The van der Waals surface area contributed by atoms with Gasteiger partial charge in [-0.3, -0.25) is 14.6 Å². The summed E-state index contributed by atoms with van der Waals surface area (Å²) in [6.45, 7) is 2.98. The molecule has 0 saturated carbocycles. The Morgan fingerprint density at radius 1 is 0.914 bits per heavy atom. The number of nitrogens with one attached hydrogen (secondary N) is 2. The van der Waals surface area contributed by atoms with E-state index in [1.807, 2.05) is 54.6 Å². The van der Waals surface area contributed by atoms with Crippen LogP contribution in [-0.2, 0) is 22.2 Å². The molecule has 0 fully saturated rings. The van der Waals surface area contributed by atoms with Crippen molar-refractivity contribution < 1.29 is 22.8 Å². The molecule has 2 N–H and O–H groups in total. The zero-order valence-corrected chi connectivity index (χ0v) is 19.0. The fraction of sp³-hybridized carbons (Fsp3) is 0.148. The highest BCUT2D eigenvalue weighted by molar-refractivity contribution is 6.00. The third-order valence-corrected chi connectivity index (χ3v) is 5.52. The quantitative estimate of drug-likeness (QED) is 0.351. The van der Waals surface area contributed by atoms with Crippen molar-refractivity contribution in [2.75, 3.05) is 10.6 Å². The molecule has 2 amide bonds. The van der Waals surface area contributed by atoms with Gasteiger partial charge in [0.2, 0.25) is 11.8 Å². The van der Waals surface area contributed by atoms with Crippen LogP contribution in [0.15, 0.2) is 72.8 Å². The highest BCUT2D eigenvalue weighted by Crippen LogP contribution is 2.37. The minimum absolute atomic E-state index is 0.0104. The van der Waals surface area contributed by atoms with Gasteiger partial charge in [-0.05, 0) is 47.9 Å². The molecule has 5 nitrogen and oxygen atoms in total. The zero-order valence-electron chi connectivity index (χ0n) is 19.0. The van der Waals surface area contributed by atoms with Gasteiger partial charge in [0.15, 0.2) is 0 Å². The summed E-state index contributed by atoms with van der Waals surface area (Å²) in [6.07, 6.45) is -4.90. The van der Waals surface area contributed by atoms with Gasteiger partial charge >= 0.3 is 6.18 Å². The molecule has 178 valence electrons. The van der Waals surface area contributed by atoms with Crippen LogP contribution in [0.5, 0.6) is 0 Å². The zero-order chi connectivity index (χ0) is 25.2. The van der Waals surface area contributed by atoms with Gasteiger partial charge in [-0.25, -0.2) is 0 Å². The molecule has 35 heavy (non-hydrogen) atoms. The van der Waals surface area contributed by atoms with Crippen LogP contribution in [0.2, 0.25) is 0 Å². The fourth-order valence-corrected chi connectivity index (χ4v) is 4.05. The molecular formula is C27H22F3N3O2. The molecule has 4 aromatic rings. The molecular weight excluding hydrogens is 455 g/mol. The first-order valence-corrected chi connectivity index (χ1v) is 10.9. The number of halogens is 3. The number of nitrogens with zero attached hydrogens (tertiary/aromatic N) is 1. The fourth-order valence-electron chi connectivity index (χ4n) is 4.05. The minimum Gasteiger partial charge on any atom is -0.326 e. The smallest absolute Gasteiger partial charge is 0.326 e. The molecule has 0 aliphatic rings. The molecule has 0 aliphatic carbocycles. The molecule has 0 radical (unpaired) electrons. The maximum Gasteiger partial charge on any atom is 0.418 e. The molecule has 0 aliphatic heterocycles. The number of hydrogen-bond donors (Lipinski definition) is 2. The van der Waals surface area contributed by atoms with E-state index in [0.29, 0.717) is 11.3 Å². The van der Waals surface area contributed by atoms with Crippen molar-refractivity contribution in [1.82, 2.24) is 4.98 Å². The van der Waals surface area contributed by atoms with Gasteiger partial charge in [-0.2, -0.15) is 13.2 Å². The van der Waals surface area contributed by atoms with Crippen LogP contribution in [0, 0.1) is 6.92 Å². The van der Waals surface area contributed by atoms with Crippen LogP contribution in [0.3, 0.4) is 0 Å². The predicted octanol–water partition coefficient (Wildman–Crippen LogP) is 6.37. The van der Waals surface area contributed by atoms with E-state index in [1.54, 1.807) is 6.92 Å². The molecule has 0 bridgehead atoms. The molecule has 8 heteroatoms. The largest absolute Gasteiger partial charge is 0.418 e. The number of aryl methyl sites for hydroxylation is 1. The molecule has 1 aromatic heterocycles. The van der Waals surface area contributed by atoms with Crippen molar-refractivity contribution in [3.05, 3.63) is 89.6 Å². The number of carbonyl (C=O) groups excluding carboxylic acids is 2. The Morgan fingerprint density at radius 2 is 1.60 bits per heavy atom. The lowest BCUT2D eigenvalue weighted by molar-refractivity contribution is -0.137. The standard InChI is InChI=1S/C27H22F3N3O2/c1-16-21(26(18-8-4-3-5-9-18)20-10-6-7-11-23(20)31-16)15-25(35)33-24-13-12-19(32-17(2)34)14-22(24)27(28,29)30/h3-14H,15H2,1-2H3,(H,32,34)(H,33,35). The Kier molecular flexibility index (Phi) is 6.55. The van der Waals surface area contributed by atoms with Crippen LogP contribution < -0.4 is 10.6 Å². The second-order valence-electron chi connectivity index (χ2n) is 8.10. The van der Waals surface area contributed by atoms with Gasteiger partial charge in [-0.15, -0.1) is 0 Å². The van der Waals surface area contributed by atoms with Crippen molar-refractivity contribution in [2.24, 2.45) is 0 Å². The summed E-state index contributed by atoms with van der Waals surface area (Å²) >= 11 is 0. The highest BCUT2D eigenvalue weighted by Gasteiger charge is 2.34. The normalized spacial score (nSPS) is 11.3. The van der Waals surface area contributed by atoms with Gasteiger partial charge in [0, 0.05) is 23.7 Å². The Labute approximate surface area is 200 Å². The van der Waals surface area contributed by atoms with Crippen molar-refractivity contribution in [1.29, 1.82) is 0 Å². The maximum absolute atomic E-state index is 13.7. The SMILES string of the molecule is CC(=O)Nc1ccc(NC(=O)Cc2c(C)nc3ccccc3c2-c2ccccc2)c(C(F)(F)F)c1. The van der Waals surface area contributed by atoms with Crippen LogP contribution in [0.4, 0.5) is 24.5 Å². The number of para-hydroxylation sites is 1. The maximum atomic E-state index is 13.7. The second-order valence-corrected chi connectivity index (χ2v) is 8.10. The summed E-state index contributed by atoms with van der Waals surface area (Å²) in [5, 5.41) is 5.58. The van der Waals surface area contributed by atoms with E-state index in [4.69, 9.17) is 0 Å². The molecule has 4 rings (SSSR count). The van der Waals surface area contributed by atoms with E-state index in [-0.39, 0.29) is 17.8 Å². The van der Waals surface area contributed by atoms with Crippen LogP contribution in [0.25, 0.3) is 22.0 Å². The van der Waals surface area contributed by atoms with Crippen LogP contribution >= 0.6 is 0 Å². The highest BCUT2D eigenvalue weighted by atomic mass is 19.4. The Bertz CT molecular complexity index is 1420. The number of rotatable bonds is 5. The van der Waals surface area contributed by atoms with Crippen LogP contribution in [0.1, 0.15) is 23.7 Å². The predicted molar refractivity (Wildman–Crippen MR) is 130 cm³/mol. The molecule has 3 aromatic carbocycles. The third kappa shape index (κ3) is 5.32. The molecule has 0 saturated heterocycles. The number of fused-ring (bicyclic) bond motifs is 1. The number of amides is 2. The Balaban J connectivity index is 1.73. The van der Waals surface area contributed by atoms with E-state index in [0.717, 1.165) is 34.2 Å². The van der Waals surface area contributed by atoms with Crippen molar-refractivity contribution >= 4 is 34.1 Å². The molecule has 0 spiro atoms. The monoisotopic (exact) mass is 477 g/mol. The van der Waals surface area contributed by atoms with Gasteiger partial charge in [0.05, 0.1) is 23.2 Å².